The van der Waals surface area contributed by atoms with Crippen LogP contribution in [-0.2, 0) is 9.47 Å². The van der Waals surface area contributed by atoms with Crippen LogP contribution in [0, 0.1) is 5.21 Å². The van der Waals surface area contributed by atoms with E-state index in [4.69, 9.17) is 18.9 Å². The molecule has 0 radical (unpaired) electrons. The molecular weight excluding hydrogens is 372 g/mol. The summed E-state index contributed by atoms with van der Waals surface area (Å²) in [4.78, 5) is 0.646. The molecule has 0 spiro atoms. The van der Waals surface area contributed by atoms with Crippen molar-refractivity contribution < 1.29 is 23.8 Å². The molecular formula is C22H24N2O5. The smallest absolute Gasteiger partial charge is 0.256 e. The minimum absolute atomic E-state index is 0.234. The van der Waals surface area contributed by atoms with Crippen LogP contribution in [0.25, 0.3) is 21.8 Å². The first-order valence-corrected chi connectivity index (χ1v) is 10.3. The van der Waals surface area contributed by atoms with Crippen LogP contribution < -0.4 is 14.3 Å². The normalized spacial score (nSPS) is 22.6. The first-order valence-electron chi connectivity index (χ1n) is 10.3. The second kappa shape index (κ2) is 8.00. The topological polar surface area (TPSA) is 76.8 Å². The standard InChI is InChI=1S/C22H24N2O5/c25-24-20-14-16(29-22-6-2-4-12-27-22)8-10-18(20)17-9-7-15(13-19(17)23-24)28-21-5-1-3-11-26-21/h7-10,13-14,21-22H,1-6,11-12H2. The van der Waals surface area contributed by atoms with Crippen molar-refractivity contribution in [2.45, 2.75) is 51.1 Å². The number of benzene rings is 2. The van der Waals surface area contributed by atoms with E-state index in [-0.39, 0.29) is 12.6 Å². The van der Waals surface area contributed by atoms with Crippen LogP contribution in [0.4, 0.5) is 0 Å². The van der Waals surface area contributed by atoms with Crippen molar-refractivity contribution in [3.05, 3.63) is 41.6 Å². The molecule has 29 heavy (non-hydrogen) atoms. The molecule has 2 aliphatic rings. The van der Waals surface area contributed by atoms with E-state index in [2.05, 4.69) is 5.10 Å². The summed E-state index contributed by atoms with van der Waals surface area (Å²) < 4.78 is 23.1. The first-order chi connectivity index (χ1) is 14.3. The average Bonchev–Trinajstić information content (AvgIpc) is 2.75. The van der Waals surface area contributed by atoms with E-state index in [1.165, 1.54) is 0 Å². The van der Waals surface area contributed by atoms with Gasteiger partial charge in [0.15, 0.2) is 12.6 Å². The van der Waals surface area contributed by atoms with Crippen LogP contribution in [-0.4, -0.2) is 30.9 Å². The number of nitrogens with zero attached hydrogens (tertiary/aromatic N) is 2. The van der Waals surface area contributed by atoms with Crippen molar-refractivity contribution in [3.8, 4) is 11.5 Å². The summed E-state index contributed by atoms with van der Waals surface area (Å²) in [6.45, 7) is 1.43. The van der Waals surface area contributed by atoms with Gasteiger partial charge in [-0.2, -0.15) is 0 Å². The van der Waals surface area contributed by atoms with E-state index in [0.717, 1.165) is 55.9 Å². The number of aromatic nitrogens is 2. The third-order valence-corrected chi connectivity index (χ3v) is 5.44. The lowest BCUT2D eigenvalue weighted by Gasteiger charge is -2.23. The van der Waals surface area contributed by atoms with Gasteiger partial charge in [0.25, 0.3) is 5.52 Å². The maximum Gasteiger partial charge on any atom is 0.256 e. The zero-order valence-corrected chi connectivity index (χ0v) is 16.2. The van der Waals surface area contributed by atoms with Gasteiger partial charge >= 0.3 is 0 Å². The van der Waals surface area contributed by atoms with Crippen LogP contribution in [0.5, 0.6) is 11.5 Å². The van der Waals surface area contributed by atoms with Gasteiger partial charge in [0, 0.05) is 29.4 Å². The van der Waals surface area contributed by atoms with Crippen LogP contribution in [0.3, 0.4) is 0 Å². The molecule has 0 amide bonds. The zero-order valence-electron chi connectivity index (χ0n) is 16.2. The molecule has 3 aromatic rings. The molecule has 2 aliphatic heterocycles. The fourth-order valence-electron chi connectivity index (χ4n) is 3.93. The van der Waals surface area contributed by atoms with Gasteiger partial charge < -0.3 is 24.2 Å². The fourth-order valence-corrected chi connectivity index (χ4v) is 3.93. The average molecular weight is 396 g/mol. The highest BCUT2D eigenvalue weighted by Gasteiger charge is 2.19. The minimum Gasteiger partial charge on any atom is -0.594 e. The third-order valence-electron chi connectivity index (χ3n) is 5.44. The summed E-state index contributed by atoms with van der Waals surface area (Å²) in [5.74, 6) is 1.27. The van der Waals surface area contributed by atoms with Gasteiger partial charge in [0.1, 0.15) is 17.0 Å². The molecule has 0 bridgehead atoms. The van der Waals surface area contributed by atoms with E-state index >= 15 is 0 Å². The third kappa shape index (κ3) is 3.93. The summed E-state index contributed by atoms with van der Waals surface area (Å²) in [7, 11) is 0. The van der Waals surface area contributed by atoms with Gasteiger partial charge in [-0.3, -0.25) is 0 Å². The van der Waals surface area contributed by atoms with Gasteiger partial charge in [-0.15, -0.1) is 0 Å². The van der Waals surface area contributed by atoms with Crippen molar-refractivity contribution in [3.63, 3.8) is 0 Å². The van der Waals surface area contributed by atoms with Crippen molar-refractivity contribution in [2.24, 2.45) is 0 Å². The molecule has 2 aromatic carbocycles. The molecule has 7 nitrogen and oxygen atoms in total. The SMILES string of the molecule is [O-][n+]1nc2cc(OC3CCCCO3)ccc2c2ccc(OC3CCCCO3)cc21. The molecule has 2 atom stereocenters. The Morgan fingerprint density at radius 1 is 0.828 bits per heavy atom. The van der Waals surface area contributed by atoms with Gasteiger partial charge in [0.2, 0.25) is 0 Å². The maximum atomic E-state index is 12.6. The van der Waals surface area contributed by atoms with E-state index in [9.17, 15) is 5.21 Å². The summed E-state index contributed by atoms with van der Waals surface area (Å²) in [5, 5.41) is 18.5. The Morgan fingerprint density at radius 2 is 1.45 bits per heavy atom. The highest BCUT2D eigenvalue weighted by Crippen LogP contribution is 2.29. The van der Waals surface area contributed by atoms with Crippen LogP contribution in [0.1, 0.15) is 38.5 Å². The molecule has 1 aromatic heterocycles. The van der Waals surface area contributed by atoms with Crippen LogP contribution >= 0.6 is 0 Å². The predicted molar refractivity (Wildman–Crippen MR) is 107 cm³/mol. The molecule has 2 fully saturated rings. The molecule has 0 saturated carbocycles. The summed E-state index contributed by atoms with van der Waals surface area (Å²) in [5.41, 5.74) is 1.06. The number of rotatable bonds is 4. The second-order valence-electron chi connectivity index (χ2n) is 7.56. The lowest BCUT2D eigenvalue weighted by Crippen LogP contribution is -2.32. The molecule has 0 N–H and O–H groups in total. The van der Waals surface area contributed by atoms with Gasteiger partial charge in [-0.25, -0.2) is 0 Å². The molecule has 0 aliphatic carbocycles. The Hall–Kier alpha value is -2.64. The van der Waals surface area contributed by atoms with Gasteiger partial charge in [-0.1, -0.05) is 0 Å². The summed E-state index contributed by atoms with van der Waals surface area (Å²) in [6.07, 6.45) is 5.56. The zero-order chi connectivity index (χ0) is 19.6. The van der Waals surface area contributed by atoms with E-state index < -0.39 is 0 Å². The number of fused-ring (bicyclic) bond motifs is 3. The van der Waals surface area contributed by atoms with Gasteiger partial charge in [-0.05, 0) is 54.8 Å². The summed E-state index contributed by atoms with van der Waals surface area (Å²) in [6, 6.07) is 11.1. The molecule has 7 heteroatoms. The quantitative estimate of drug-likeness (QED) is 0.379. The number of ether oxygens (including phenoxy) is 4. The fraction of sp³-hybridized carbons (Fsp3) is 0.455. The van der Waals surface area contributed by atoms with Crippen LogP contribution in [0.15, 0.2) is 36.4 Å². The van der Waals surface area contributed by atoms with Gasteiger partial charge in [0.05, 0.1) is 24.7 Å². The first kappa shape index (κ1) is 18.4. The minimum atomic E-state index is -0.253. The van der Waals surface area contributed by atoms with E-state index in [0.29, 0.717) is 34.0 Å². The Morgan fingerprint density at radius 3 is 2.07 bits per heavy atom. The Labute approximate surface area is 168 Å². The largest absolute Gasteiger partial charge is 0.594 e. The lowest BCUT2D eigenvalue weighted by molar-refractivity contribution is -0.639. The lowest BCUT2D eigenvalue weighted by atomic mass is 10.1. The summed E-state index contributed by atoms with van der Waals surface area (Å²) >= 11 is 0. The Bertz CT molecular complexity index is 1010. The molecule has 2 unspecified atom stereocenters. The monoisotopic (exact) mass is 396 g/mol. The maximum absolute atomic E-state index is 12.6. The van der Waals surface area contributed by atoms with E-state index in [1.54, 1.807) is 12.1 Å². The number of hydrogen-bond donors (Lipinski definition) is 0. The highest BCUT2D eigenvalue weighted by atomic mass is 16.7. The van der Waals surface area contributed by atoms with Crippen molar-refractivity contribution in [1.82, 2.24) is 5.10 Å². The highest BCUT2D eigenvalue weighted by molar-refractivity contribution is 6.03. The molecule has 2 saturated heterocycles. The second-order valence-corrected chi connectivity index (χ2v) is 7.56. The predicted octanol–water partition coefficient (Wildman–Crippen LogP) is 3.83. The molecule has 152 valence electrons. The van der Waals surface area contributed by atoms with Crippen molar-refractivity contribution in [1.29, 1.82) is 0 Å². The molecule has 5 rings (SSSR count). The Balaban J connectivity index is 1.44. The van der Waals surface area contributed by atoms with Crippen molar-refractivity contribution >= 4 is 21.8 Å². The van der Waals surface area contributed by atoms with E-state index in [1.807, 2.05) is 24.3 Å². The van der Waals surface area contributed by atoms with Crippen LogP contribution in [0.2, 0.25) is 0 Å². The Kier molecular flexibility index (Phi) is 5.08. The number of hydrogen-bond acceptors (Lipinski definition) is 6. The van der Waals surface area contributed by atoms with Crippen molar-refractivity contribution in [2.75, 3.05) is 13.2 Å². The molecule has 3 heterocycles.